The van der Waals surface area contributed by atoms with E-state index in [0.29, 0.717) is 30.5 Å². The molecule has 156 valence electrons. The standard InChI is InChI=1S/C24H27N3O3/c1-29-21-11-5-10-20(16-21)24-25-22(30-26-24)12-13-23(28)27-14-6-9-19(17-27)15-18-7-3-2-4-8-18/h2-5,7-8,10-11,16,19H,6,9,12-15,17H2,1H3. The van der Waals surface area contributed by atoms with Crippen molar-refractivity contribution in [2.24, 2.45) is 5.92 Å². The number of nitrogens with zero attached hydrogens (tertiary/aromatic N) is 3. The van der Waals surface area contributed by atoms with Crippen molar-refractivity contribution >= 4 is 5.91 Å². The molecule has 0 saturated carbocycles. The van der Waals surface area contributed by atoms with Crippen molar-refractivity contribution in [2.45, 2.75) is 32.1 Å². The first-order chi connectivity index (χ1) is 14.7. The Hall–Kier alpha value is -3.15. The number of benzene rings is 2. The van der Waals surface area contributed by atoms with Gasteiger partial charge in [-0.05, 0) is 42.9 Å². The maximum absolute atomic E-state index is 12.7. The van der Waals surface area contributed by atoms with Crippen LogP contribution in [0.2, 0.25) is 0 Å². The van der Waals surface area contributed by atoms with Crippen LogP contribution in [-0.4, -0.2) is 41.1 Å². The number of hydrogen-bond acceptors (Lipinski definition) is 5. The highest BCUT2D eigenvalue weighted by atomic mass is 16.5. The van der Waals surface area contributed by atoms with Gasteiger partial charge in [0.2, 0.25) is 17.6 Å². The van der Waals surface area contributed by atoms with Gasteiger partial charge in [0.05, 0.1) is 7.11 Å². The number of piperidine rings is 1. The zero-order valence-corrected chi connectivity index (χ0v) is 17.3. The van der Waals surface area contributed by atoms with Gasteiger partial charge in [-0.1, -0.05) is 47.6 Å². The first-order valence-corrected chi connectivity index (χ1v) is 10.5. The fourth-order valence-electron chi connectivity index (χ4n) is 4.01. The summed E-state index contributed by atoms with van der Waals surface area (Å²) in [5.41, 5.74) is 2.17. The lowest BCUT2D eigenvalue weighted by atomic mass is 9.91. The molecular weight excluding hydrogens is 378 g/mol. The quantitative estimate of drug-likeness (QED) is 0.590. The first-order valence-electron chi connectivity index (χ1n) is 10.5. The summed E-state index contributed by atoms with van der Waals surface area (Å²) in [6.07, 6.45) is 4.10. The largest absolute Gasteiger partial charge is 0.497 e. The van der Waals surface area contributed by atoms with E-state index in [9.17, 15) is 4.79 Å². The minimum Gasteiger partial charge on any atom is -0.497 e. The lowest BCUT2D eigenvalue weighted by Gasteiger charge is -2.33. The number of ether oxygens (including phenoxy) is 1. The van der Waals surface area contributed by atoms with Gasteiger partial charge in [-0.3, -0.25) is 4.79 Å². The van der Waals surface area contributed by atoms with Crippen molar-refractivity contribution in [1.82, 2.24) is 15.0 Å². The second kappa shape index (κ2) is 9.57. The van der Waals surface area contributed by atoms with E-state index in [-0.39, 0.29) is 5.91 Å². The van der Waals surface area contributed by atoms with Crippen molar-refractivity contribution < 1.29 is 14.1 Å². The molecule has 1 amide bonds. The molecule has 1 aromatic heterocycles. The molecule has 1 atom stereocenters. The highest BCUT2D eigenvalue weighted by molar-refractivity contribution is 5.76. The second-order valence-electron chi connectivity index (χ2n) is 7.78. The van der Waals surface area contributed by atoms with Crippen LogP contribution in [0.4, 0.5) is 0 Å². The van der Waals surface area contributed by atoms with E-state index in [1.807, 2.05) is 35.2 Å². The molecule has 2 heterocycles. The van der Waals surface area contributed by atoms with Gasteiger partial charge in [0, 0.05) is 31.5 Å². The summed E-state index contributed by atoms with van der Waals surface area (Å²) in [6.45, 7) is 1.66. The molecule has 6 nitrogen and oxygen atoms in total. The lowest BCUT2D eigenvalue weighted by Crippen LogP contribution is -2.40. The number of likely N-dealkylation sites (tertiary alicyclic amines) is 1. The van der Waals surface area contributed by atoms with E-state index < -0.39 is 0 Å². The Morgan fingerprint density at radius 2 is 2.07 bits per heavy atom. The van der Waals surface area contributed by atoms with E-state index in [4.69, 9.17) is 9.26 Å². The molecule has 1 fully saturated rings. The van der Waals surface area contributed by atoms with Gasteiger partial charge in [-0.25, -0.2) is 0 Å². The molecule has 4 rings (SSSR count). The van der Waals surface area contributed by atoms with Crippen molar-refractivity contribution in [3.05, 3.63) is 66.1 Å². The van der Waals surface area contributed by atoms with E-state index in [0.717, 1.165) is 37.2 Å². The Bertz CT molecular complexity index is 971. The first kappa shape index (κ1) is 20.1. The average Bonchev–Trinajstić information content (AvgIpc) is 3.27. The van der Waals surface area contributed by atoms with Crippen LogP contribution >= 0.6 is 0 Å². The van der Waals surface area contributed by atoms with E-state index >= 15 is 0 Å². The minimum absolute atomic E-state index is 0.161. The molecule has 0 N–H and O–H groups in total. The lowest BCUT2D eigenvalue weighted by molar-refractivity contribution is -0.133. The minimum atomic E-state index is 0.161. The normalized spacial score (nSPS) is 16.4. The Balaban J connectivity index is 1.30. The van der Waals surface area contributed by atoms with Crippen molar-refractivity contribution in [3.8, 4) is 17.1 Å². The van der Waals surface area contributed by atoms with Gasteiger partial charge in [-0.2, -0.15) is 4.98 Å². The molecular formula is C24H27N3O3. The summed E-state index contributed by atoms with van der Waals surface area (Å²) in [7, 11) is 1.62. The third kappa shape index (κ3) is 5.06. The van der Waals surface area contributed by atoms with Crippen LogP contribution in [0.1, 0.15) is 30.7 Å². The fourth-order valence-corrected chi connectivity index (χ4v) is 4.01. The fraction of sp³-hybridized carbons (Fsp3) is 0.375. The van der Waals surface area contributed by atoms with E-state index in [1.54, 1.807) is 7.11 Å². The monoisotopic (exact) mass is 405 g/mol. The Morgan fingerprint density at radius 3 is 2.90 bits per heavy atom. The predicted octanol–water partition coefficient (Wildman–Crippen LogP) is 4.16. The zero-order valence-electron chi connectivity index (χ0n) is 17.3. The number of carbonyl (C=O) groups excluding carboxylic acids is 1. The number of methoxy groups -OCH3 is 1. The Kier molecular flexibility index (Phi) is 6.42. The van der Waals surface area contributed by atoms with Gasteiger partial charge >= 0.3 is 0 Å². The van der Waals surface area contributed by atoms with Crippen molar-refractivity contribution in [2.75, 3.05) is 20.2 Å². The van der Waals surface area contributed by atoms with Gasteiger partial charge in [-0.15, -0.1) is 0 Å². The van der Waals surface area contributed by atoms with Crippen LogP contribution in [0.25, 0.3) is 11.4 Å². The number of rotatable bonds is 7. The van der Waals surface area contributed by atoms with Crippen LogP contribution in [0.3, 0.4) is 0 Å². The third-order valence-corrected chi connectivity index (χ3v) is 5.59. The van der Waals surface area contributed by atoms with Crippen LogP contribution < -0.4 is 4.74 Å². The van der Waals surface area contributed by atoms with E-state index in [2.05, 4.69) is 34.4 Å². The molecule has 0 spiro atoms. The van der Waals surface area contributed by atoms with Gasteiger partial charge in [0.1, 0.15) is 5.75 Å². The van der Waals surface area contributed by atoms with Crippen molar-refractivity contribution in [1.29, 1.82) is 0 Å². The topological polar surface area (TPSA) is 68.5 Å². The number of aromatic nitrogens is 2. The summed E-state index contributed by atoms with van der Waals surface area (Å²) < 4.78 is 10.6. The molecule has 2 aromatic carbocycles. The highest BCUT2D eigenvalue weighted by Gasteiger charge is 2.24. The molecule has 3 aromatic rings. The number of carbonyl (C=O) groups is 1. The van der Waals surface area contributed by atoms with E-state index in [1.165, 1.54) is 12.0 Å². The maximum atomic E-state index is 12.7. The molecule has 1 saturated heterocycles. The molecule has 0 aliphatic carbocycles. The SMILES string of the molecule is COc1cccc(-c2noc(CCC(=O)N3CCCC(Cc4ccccc4)C3)n2)c1. The van der Waals surface area contributed by atoms with Crippen LogP contribution in [0.5, 0.6) is 5.75 Å². The Morgan fingerprint density at radius 1 is 1.20 bits per heavy atom. The Labute approximate surface area is 176 Å². The molecule has 1 unspecified atom stereocenters. The summed E-state index contributed by atoms with van der Waals surface area (Å²) in [6, 6.07) is 18.0. The average molecular weight is 405 g/mol. The second-order valence-corrected chi connectivity index (χ2v) is 7.78. The van der Waals surface area contributed by atoms with Gasteiger partial charge in [0.25, 0.3) is 0 Å². The number of hydrogen-bond donors (Lipinski definition) is 0. The molecule has 0 radical (unpaired) electrons. The summed E-state index contributed by atoms with van der Waals surface area (Å²) in [4.78, 5) is 19.2. The molecule has 30 heavy (non-hydrogen) atoms. The van der Waals surface area contributed by atoms with Gasteiger partial charge < -0.3 is 14.2 Å². The summed E-state index contributed by atoms with van der Waals surface area (Å²) in [5.74, 6) is 2.42. The molecule has 1 aliphatic heterocycles. The van der Waals surface area contributed by atoms with Crippen LogP contribution in [0, 0.1) is 5.92 Å². The summed E-state index contributed by atoms with van der Waals surface area (Å²) >= 11 is 0. The van der Waals surface area contributed by atoms with Crippen molar-refractivity contribution in [3.63, 3.8) is 0 Å². The van der Waals surface area contributed by atoms with Crippen LogP contribution in [0.15, 0.2) is 59.1 Å². The zero-order chi connectivity index (χ0) is 20.8. The smallest absolute Gasteiger partial charge is 0.227 e. The predicted molar refractivity (Wildman–Crippen MR) is 114 cm³/mol. The number of amides is 1. The number of aryl methyl sites for hydroxylation is 1. The highest BCUT2D eigenvalue weighted by Crippen LogP contribution is 2.23. The molecule has 1 aliphatic rings. The maximum Gasteiger partial charge on any atom is 0.227 e. The molecule has 6 heteroatoms. The summed E-state index contributed by atoms with van der Waals surface area (Å²) in [5, 5.41) is 4.04. The third-order valence-electron chi connectivity index (χ3n) is 5.59. The molecule has 0 bridgehead atoms. The van der Waals surface area contributed by atoms with Crippen LogP contribution in [-0.2, 0) is 17.6 Å². The van der Waals surface area contributed by atoms with Gasteiger partial charge in [0.15, 0.2) is 0 Å².